The molecule has 1 heterocycles. The maximum atomic E-state index is 9.40. The van der Waals surface area contributed by atoms with Gasteiger partial charge in [-0.1, -0.05) is 0 Å². The fourth-order valence-corrected chi connectivity index (χ4v) is 2.80. The molecule has 0 saturated carbocycles. The third-order valence-corrected chi connectivity index (χ3v) is 3.56. The first kappa shape index (κ1) is 12.6. The molecule has 1 aliphatic carbocycles. The smallest absolute Gasteiger partial charge is 0.0540 e. The molecule has 96 valence electrons. The second-order valence-corrected chi connectivity index (χ2v) is 5.27. The number of aryl methyl sites for hydroxylation is 1. The van der Waals surface area contributed by atoms with Crippen molar-refractivity contribution in [1.82, 2.24) is 15.1 Å². The van der Waals surface area contributed by atoms with Crippen molar-refractivity contribution in [3.8, 4) is 0 Å². The first-order chi connectivity index (χ1) is 8.08. The van der Waals surface area contributed by atoms with Crippen molar-refractivity contribution in [3.05, 3.63) is 17.5 Å². The number of fused-ring (bicyclic) bond motifs is 1. The second kappa shape index (κ2) is 5.19. The quantitative estimate of drug-likeness (QED) is 0.835. The number of hydrogen-bond donors (Lipinski definition) is 2. The minimum Gasteiger partial charge on any atom is -0.393 e. The van der Waals surface area contributed by atoms with E-state index in [0.717, 1.165) is 12.8 Å². The van der Waals surface area contributed by atoms with E-state index in [1.54, 1.807) is 0 Å². The SMILES string of the molecule is CC(O)CC(C)NC1CCCc2c1cnn2C. The van der Waals surface area contributed by atoms with Crippen molar-refractivity contribution < 1.29 is 5.11 Å². The Bertz CT molecular complexity index is 373. The topological polar surface area (TPSA) is 50.1 Å². The van der Waals surface area contributed by atoms with Gasteiger partial charge in [0.2, 0.25) is 0 Å². The molecule has 2 N–H and O–H groups in total. The summed E-state index contributed by atoms with van der Waals surface area (Å²) in [7, 11) is 2.01. The Kier molecular flexibility index (Phi) is 3.84. The molecule has 4 nitrogen and oxygen atoms in total. The Morgan fingerprint density at radius 3 is 3.06 bits per heavy atom. The van der Waals surface area contributed by atoms with Gasteiger partial charge in [-0.15, -0.1) is 0 Å². The average Bonchev–Trinajstić information content (AvgIpc) is 2.61. The lowest BCUT2D eigenvalue weighted by Crippen LogP contribution is -2.34. The van der Waals surface area contributed by atoms with Gasteiger partial charge >= 0.3 is 0 Å². The second-order valence-electron chi connectivity index (χ2n) is 5.27. The Morgan fingerprint density at radius 2 is 2.35 bits per heavy atom. The molecule has 0 aromatic carbocycles. The highest BCUT2D eigenvalue weighted by atomic mass is 16.3. The molecule has 1 aromatic heterocycles. The Balaban J connectivity index is 2.03. The number of hydrogen-bond acceptors (Lipinski definition) is 3. The standard InChI is InChI=1S/C13H23N3O/c1-9(7-10(2)17)15-12-5-4-6-13-11(12)8-14-16(13)3/h8-10,12,15,17H,4-7H2,1-3H3. The molecule has 3 unspecified atom stereocenters. The van der Waals surface area contributed by atoms with Gasteiger partial charge in [-0.25, -0.2) is 0 Å². The van der Waals surface area contributed by atoms with E-state index >= 15 is 0 Å². The molecule has 0 amide bonds. The van der Waals surface area contributed by atoms with Gasteiger partial charge in [0.1, 0.15) is 0 Å². The van der Waals surface area contributed by atoms with Crippen LogP contribution < -0.4 is 5.32 Å². The molecule has 17 heavy (non-hydrogen) atoms. The molecule has 0 fully saturated rings. The summed E-state index contributed by atoms with van der Waals surface area (Å²) >= 11 is 0. The summed E-state index contributed by atoms with van der Waals surface area (Å²) in [5, 5.41) is 17.3. The first-order valence-electron chi connectivity index (χ1n) is 6.52. The van der Waals surface area contributed by atoms with E-state index in [2.05, 4.69) is 17.3 Å². The normalized spacial score (nSPS) is 23.2. The van der Waals surface area contributed by atoms with Crippen LogP contribution in [0.3, 0.4) is 0 Å². The number of nitrogens with one attached hydrogen (secondary N) is 1. The van der Waals surface area contributed by atoms with E-state index in [9.17, 15) is 5.11 Å². The van der Waals surface area contributed by atoms with Crippen LogP contribution in [0.1, 0.15) is 50.4 Å². The molecule has 0 spiro atoms. The highest BCUT2D eigenvalue weighted by molar-refractivity contribution is 5.24. The van der Waals surface area contributed by atoms with E-state index in [4.69, 9.17) is 0 Å². The Morgan fingerprint density at radius 1 is 1.59 bits per heavy atom. The lowest BCUT2D eigenvalue weighted by Gasteiger charge is -2.27. The van der Waals surface area contributed by atoms with Crippen LogP contribution in [0.2, 0.25) is 0 Å². The first-order valence-corrected chi connectivity index (χ1v) is 6.52. The molecule has 1 aromatic rings. The van der Waals surface area contributed by atoms with Crippen LogP contribution in [0.15, 0.2) is 6.20 Å². The maximum absolute atomic E-state index is 9.40. The van der Waals surface area contributed by atoms with Crippen molar-refractivity contribution in [3.63, 3.8) is 0 Å². The van der Waals surface area contributed by atoms with Crippen LogP contribution in [0.5, 0.6) is 0 Å². The van der Waals surface area contributed by atoms with Crippen molar-refractivity contribution in [2.75, 3.05) is 0 Å². The van der Waals surface area contributed by atoms with E-state index in [1.807, 2.05) is 24.9 Å². The fourth-order valence-electron chi connectivity index (χ4n) is 2.80. The van der Waals surface area contributed by atoms with E-state index in [1.165, 1.54) is 24.1 Å². The monoisotopic (exact) mass is 237 g/mol. The Hall–Kier alpha value is -0.870. The van der Waals surface area contributed by atoms with Gasteiger partial charge < -0.3 is 10.4 Å². The van der Waals surface area contributed by atoms with Crippen LogP contribution in [0.4, 0.5) is 0 Å². The Labute approximate surface area is 103 Å². The van der Waals surface area contributed by atoms with Crippen LogP contribution in [-0.4, -0.2) is 27.0 Å². The van der Waals surface area contributed by atoms with Crippen LogP contribution >= 0.6 is 0 Å². The van der Waals surface area contributed by atoms with Crippen molar-refractivity contribution in [1.29, 1.82) is 0 Å². The molecule has 1 aliphatic rings. The minimum absolute atomic E-state index is 0.241. The van der Waals surface area contributed by atoms with Crippen molar-refractivity contribution in [2.45, 2.75) is 57.7 Å². The number of rotatable bonds is 4. The van der Waals surface area contributed by atoms with Gasteiger partial charge in [-0.2, -0.15) is 5.10 Å². The zero-order valence-electron chi connectivity index (χ0n) is 11.0. The molecule has 0 saturated heterocycles. The molecule has 0 aliphatic heterocycles. The van der Waals surface area contributed by atoms with Gasteiger partial charge in [-0.3, -0.25) is 4.68 Å². The van der Waals surface area contributed by atoms with Crippen molar-refractivity contribution >= 4 is 0 Å². The number of aliphatic hydroxyl groups excluding tert-OH is 1. The van der Waals surface area contributed by atoms with Gasteiger partial charge in [-0.05, 0) is 39.5 Å². The number of nitrogens with zero attached hydrogens (tertiary/aromatic N) is 2. The summed E-state index contributed by atoms with van der Waals surface area (Å²) in [4.78, 5) is 0. The summed E-state index contributed by atoms with van der Waals surface area (Å²) in [6, 6.07) is 0.743. The molecular weight excluding hydrogens is 214 g/mol. The maximum Gasteiger partial charge on any atom is 0.0540 e. The zero-order chi connectivity index (χ0) is 12.4. The molecule has 4 heteroatoms. The highest BCUT2D eigenvalue weighted by Crippen LogP contribution is 2.29. The van der Waals surface area contributed by atoms with Crippen LogP contribution in [-0.2, 0) is 13.5 Å². The lowest BCUT2D eigenvalue weighted by molar-refractivity contribution is 0.167. The van der Waals surface area contributed by atoms with E-state index < -0.39 is 0 Å². The van der Waals surface area contributed by atoms with Crippen molar-refractivity contribution in [2.24, 2.45) is 7.05 Å². The summed E-state index contributed by atoms with van der Waals surface area (Å²) in [6.45, 7) is 3.98. The highest BCUT2D eigenvalue weighted by Gasteiger charge is 2.24. The van der Waals surface area contributed by atoms with Gasteiger partial charge in [0.05, 0.1) is 12.3 Å². The fraction of sp³-hybridized carbons (Fsp3) is 0.769. The minimum atomic E-state index is -0.241. The summed E-state index contributed by atoms with van der Waals surface area (Å²) in [6.07, 6.45) is 6.06. The molecular formula is C13H23N3O. The molecule has 3 atom stereocenters. The summed E-state index contributed by atoms with van der Waals surface area (Å²) in [5.74, 6) is 0. The molecule has 2 rings (SSSR count). The predicted octanol–water partition coefficient (Wildman–Crippen LogP) is 1.55. The van der Waals surface area contributed by atoms with Gasteiger partial charge in [0.15, 0.2) is 0 Å². The third kappa shape index (κ3) is 2.87. The average molecular weight is 237 g/mol. The lowest BCUT2D eigenvalue weighted by atomic mass is 9.92. The third-order valence-electron chi connectivity index (χ3n) is 3.56. The van der Waals surface area contributed by atoms with Crippen LogP contribution in [0.25, 0.3) is 0 Å². The van der Waals surface area contributed by atoms with Gasteiger partial charge in [0.25, 0.3) is 0 Å². The summed E-state index contributed by atoms with van der Waals surface area (Å²) in [5.41, 5.74) is 2.70. The number of aromatic nitrogens is 2. The van der Waals surface area contributed by atoms with E-state index in [-0.39, 0.29) is 6.10 Å². The van der Waals surface area contributed by atoms with Gasteiger partial charge in [0, 0.05) is 30.4 Å². The largest absolute Gasteiger partial charge is 0.393 e. The predicted molar refractivity (Wildman–Crippen MR) is 67.8 cm³/mol. The van der Waals surface area contributed by atoms with Crippen LogP contribution in [0, 0.1) is 0 Å². The molecule has 0 radical (unpaired) electrons. The number of aliphatic hydroxyl groups is 1. The summed E-state index contributed by atoms with van der Waals surface area (Å²) < 4.78 is 1.99. The zero-order valence-corrected chi connectivity index (χ0v) is 11.0. The molecule has 0 bridgehead atoms. The van der Waals surface area contributed by atoms with E-state index in [0.29, 0.717) is 12.1 Å².